The second kappa shape index (κ2) is 11.2. The number of benzene rings is 6. The van der Waals surface area contributed by atoms with Crippen LogP contribution in [-0.4, -0.2) is 11.5 Å². The van der Waals surface area contributed by atoms with E-state index in [1.807, 2.05) is 42.5 Å². The predicted molar refractivity (Wildman–Crippen MR) is 192 cm³/mol. The maximum Gasteiger partial charge on any atom is 0.160 e. The van der Waals surface area contributed by atoms with E-state index in [0.717, 1.165) is 63.6 Å². The number of hydrogen-bond acceptors (Lipinski definition) is 4. The molecule has 0 bridgehead atoms. The third-order valence-electron chi connectivity index (χ3n) is 9.69. The standard InChI is InChI=1S/C44H29N3O/c45-28-29-13-10-16-31(27-29)43-46-39(30-14-2-1-3-15-30)24-12-25-40(47-43)34-19-11-23-38-42(34)48-41-26-9-8-22-37(41)44(38)35-20-6-4-17-32(35)33-18-5-7-21-36(33)44/h1-11,13-23,25-27H,12,24H2. The lowest BCUT2D eigenvalue weighted by Gasteiger charge is -2.40. The van der Waals surface area contributed by atoms with E-state index in [9.17, 15) is 5.26 Å². The second-order valence-electron chi connectivity index (χ2n) is 12.3. The highest BCUT2D eigenvalue weighted by atomic mass is 16.5. The molecule has 48 heavy (non-hydrogen) atoms. The number of hydrogen-bond donors (Lipinski definition) is 0. The zero-order chi connectivity index (χ0) is 32.1. The minimum atomic E-state index is -0.554. The van der Waals surface area contributed by atoms with Gasteiger partial charge in [-0.1, -0.05) is 127 Å². The minimum Gasteiger partial charge on any atom is -0.456 e. The zero-order valence-electron chi connectivity index (χ0n) is 26.1. The number of para-hydroxylation sites is 2. The Morgan fingerprint density at radius 2 is 1.21 bits per heavy atom. The summed E-state index contributed by atoms with van der Waals surface area (Å²) >= 11 is 0. The molecule has 9 rings (SSSR count). The maximum atomic E-state index is 9.72. The Morgan fingerprint density at radius 3 is 1.98 bits per heavy atom. The van der Waals surface area contributed by atoms with Gasteiger partial charge in [-0.3, -0.25) is 0 Å². The quantitative estimate of drug-likeness (QED) is 0.199. The molecule has 0 amide bonds. The lowest BCUT2D eigenvalue weighted by molar-refractivity contribution is 0.435. The summed E-state index contributed by atoms with van der Waals surface area (Å²) in [5.41, 5.74) is 11.8. The molecule has 2 aliphatic heterocycles. The van der Waals surface area contributed by atoms with Crippen LogP contribution in [0.2, 0.25) is 0 Å². The summed E-state index contributed by atoms with van der Waals surface area (Å²) in [5, 5.41) is 9.72. The van der Waals surface area contributed by atoms with Crippen molar-refractivity contribution in [2.24, 2.45) is 9.98 Å². The summed E-state index contributed by atoms with van der Waals surface area (Å²) < 4.78 is 6.93. The Labute approximate surface area is 279 Å². The van der Waals surface area contributed by atoms with Crippen LogP contribution in [0.25, 0.3) is 16.8 Å². The number of nitrogens with zero attached hydrogens (tertiary/aromatic N) is 3. The van der Waals surface area contributed by atoms with Crippen LogP contribution in [0.4, 0.5) is 0 Å². The van der Waals surface area contributed by atoms with E-state index in [4.69, 9.17) is 14.7 Å². The fourth-order valence-electron chi connectivity index (χ4n) is 7.66. The molecule has 0 saturated carbocycles. The summed E-state index contributed by atoms with van der Waals surface area (Å²) in [4.78, 5) is 10.5. The number of nitriles is 1. The fraction of sp³-hybridized carbons (Fsp3) is 0.0682. The summed E-state index contributed by atoms with van der Waals surface area (Å²) in [7, 11) is 0. The number of amidine groups is 1. The Kier molecular flexibility index (Phi) is 6.52. The van der Waals surface area contributed by atoms with Crippen molar-refractivity contribution >= 4 is 17.2 Å². The number of allylic oxidation sites excluding steroid dienone is 1. The Morgan fingerprint density at radius 1 is 0.583 bits per heavy atom. The number of rotatable bonds is 3. The van der Waals surface area contributed by atoms with Crippen LogP contribution < -0.4 is 4.74 Å². The van der Waals surface area contributed by atoms with Gasteiger partial charge in [0.2, 0.25) is 0 Å². The molecular formula is C44H29N3O. The van der Waals surface area contributed by atoms with Gasteiger partial charge in [-0.25, -0.2) is 9.98 Å². The topological polar surface area (TPSA) is 57.7 Å². The van der Waals surface area contributed by atoms with Gasteiger partial charge in [0.25, 0.3) is 0 Å². The van der Waals surface area contributed by atoms with Gasteiger partial charge in [0.1, 0.15) is 11.5 Å². The third kappa shape index (κ3) is 4.22. The smallest absolute Gasteiger partial charge is 0.160 e. The van der Waals surface area contributed by atoms with Crippen LogP contribution in [0.15, 0.2) is 162 Å². The molecule has 226 valence electrons. The highest BCUT2D eigenvalue weighted by Crippen LogP contribution is 2.62. The number of fused-ring (bicyclic) bond motifs is 9. The molecule has 4 heteroatoms. The highest BCUT2D eigenvalue weighted by molar-refractivity contribution is 6.14. The zero-order valence-corrected chi connectivity index (χ0v) is 26.1. The molecule has 4 nitrogen and oxygen atoms in total. The second-order valence-corrected chi connectivity index (χ2v) is 12.3. The maximum absolute atomic E-state index is 9.72. The summed E-state index contributed by atoms with van der Waals surface area (Å²) in [5.74, 6) is 2.21. The molecule has 0 unspecified atom stereocenters. The monoisotopic (exact) mass is 615 g/mol. The lowest BCUT2D eigenvalue weighted by atomic mass is 9.65. The first kappa shape index (κ1) is 28.0. The molecule has 0 fully saturated rings. The van der Waals surface area contributed by atoms with Crippen molar-refractivity contribution in [2.45, 2.75) is 18.3 Å². The van der Waals surface area contributed by atoms with E-state index in [2.05, 4.69) is 109 Å². The normalized spacial score (nSPS) is 15.2. The Bertz CT molecular complexity index is 2350. The average Bonchev–Trinajstić information content (AvgIpc) is 3.43. The van der Waals surface area contributed by atoms with Crippen LogP contribution in [0.5, 0.6) is 11.5 Å². The molecule has 0 atom stereocenters. The molecule has 3 aliphatic rings. The fourth-order valence-corrected chi connectivity index (χ4v) is 7.66. The van der Waals surface area contributed by atoms with Gasteiger partial charge in [-0.05, 0) is 64.9 Å². The van der Waals surface area contributed by atoms with E-state index in [0.29, 0.717) is 11.4 Å². The minimum absolute atomic E-state index is 0.554. The van der Waals surface area contributed by atoms with Crippen molar-refractivity contribution in [2.75, 3.05) is 0 Å². The van der Waals surface area contributed by atoms with E-state index < -0.39 is 5.41 Å². The van der Waals surface area contributed by atoms with Crippen molar-refractivity contribution in [3.63, 3.8) is 0 Å². The Hall–Kier alpha value is -6.31. The molecule has 0 saturated heterocycles. The van der Waals surface area contributed by atoms with E-state index in [-0.39, 0.29) is 0 Å². The number of ether oxygens (including phenoxy) is 1. The molecule has 1 aliphatic carbocycles. The predicted octanol–water partition coefficient (Wildman–Crippen LogP) is 10.1. The largest absolute Gasteiger partial charge is 0.456 e. The van der Waals surface area contributed by atoms with Gasteiger partial charge < -0.3 is 4.74 Å². The summed E-state index contributed by atoms with van der Waals surface area (Å²) in [6.07, 6.45) is 3.71. The van der Waals surface area contributed by atoms with Gasteiger partial charge >= 0.3 is 0 Å². The first-order valence-corrected chi connectivity index (χ1v) is 16.3. The van der Waals surface area contributed by atoms with Gasteiger partial charge in [0.15, 0.2) is 5.84 Å². The van der Waals surface area contributed by atoms with E-state index in [1.165, 1.54) is 22.3 Å². The van der Waals surface area contributed by atoms with Crippen molar-refractivity contribution in [1.82, 2.24) is 0 Å². The van der Waals surface area contributed by atoms with Gasteiger partial charge in [-0.2, -0.15) is 5.26 Å². The van der Waals surface area contributed by atoms with Crippen molar-refractivity contribution in [3.8, 4) is 28.7 Å². The van der Waals surface area contributed by atoms with E-state index in [1.54, 1.807) is 6.07 Å². The molecular weight excluding hydrogens is 587 g/mol. The molecule has 0 N–H and O–H groups in total. The lowest BCUT2D eigenvalue weighted by Crippen LogP contribution is -2.32. The van der Waals surface area contributed by atoms with Crippen molar-refractivity contribution in [3.05, 3.63) is 196 Å². The molecule has 1 spiro atoms. The van der Waals surface area contributed by atoms with Crippen LogP contribution in [0.3, 0.4) is 0 Å². The van der Waals surface area contributed by atoms with E-state index >= 15 is 0 Å². The SMILES string of the molecule is N#Cc1cccc(C2=NC(c3cccc4c3Oc3ccccc3C43c4ccccc4-c4ccccc43)=CCCC(c3ccccc3)=N2)c1. The van der Waals surface area contributed by atoms with Crippen LogP contribution in [0.1, 0.15) is 57.3 Å². The van der Waals surface area contributed by atoms with Gasteiger partial charge in [0, 0.05) is 22.3 Å². The first-order chi connectivity index (χ1) is 23.8. The molecule has 2 heterocycles. The molecule has 6 aromatic rings. The number of aliphatic imine (C=N–C) groups is 2. The summed E-state index contributed by atoms with van der Waals surface area (Å²) in [6.45, 7) is 0. The molecule has 0 radical (unpaired) electrons. The molecule has 6 aromatic carbocycles. The third-order valence-corrected chi connectivity index (χ3v) is 9.69. The first-order valence-electron chi connectivity index (χ1n) is 16.3. The van der Waals surface area contributed by atoms with Gasteiger partial charge in [0.05, 0.1) is 28.5 Å². The van der Waals surface area contributed by atoms with Crippen LogP contribution >= 0.6 is 0 Å². The van der Waals surface area contributed by atoms with Gasteiger partial charge in [-0.15, -0.1) is 0 Å². The average molecular weight is 616 g/mol. The summed E-state index contributed by atoms with van der Waals surface area (Å²) in [6, 6.07) is 52.4. The molecule has 0 aromatic heterocycles. The van der Waals surface area contributed by atoms with Crippen molar-refractivity contribution in [1.29, 1.82) is 5.26 Å². The van der Waals surface area contributed by atoms with Crippen LogP contribution in [0, 0.1) is 11.3 Å². The highest BCUT2D eigenvalue weighted by Gasteiger charge is 2.51. The van der Waals surface area contributed by atoms with Crippen LogP contribution in [-0.2, 0) is 5.41 Å². The van der Waals surface area contributed by atoms with Crippen molar-refractivity contribution < 1.29 is 4.74 Å². The Balaban J connectivity index is 1.29.